The van der Waals surface area contributed by atoms with Gasteiger partial charge in [0, 0.05) is 18.3 Å². The number of quaternary nitrogens is 1. The lowest BCUT2D eigenvalue weighted by Crippen LogP contribution is -2.34. The molecule has 0 aliphatic carbocycles. The Morgan fingerprint density at radius 2 is 1.50 bits per heavy atom. The van der Waals surface area contributed by atoms with Crippen molar-refractivity contribution in [2.24, 2.45) is 0 Å². The normalized spacial score (nSPS) is 11.2. The largest absolute Gasteiger partial charge is 0.457 e. The lowest BCUT2D eigenvalue weighted by atomic mass is 10.1. The van der Waals surface area contributed by atoms with E-state index in [1.165, 1.54) is 17.8 Å². The van der Waals surface area contributed by atoms with Crippen LogP contribution in [-0.2, 0) is 6.54 Å². The summed E-state index contributed by atoms with van der Waals surface area (Å²) < 4.78 is 19.5. The zero-order valence-electron chi connectivity index (χ0n) is 19.3. The zero-order chi connectivity index (χ0) is 24.1. The van der Waals surface area contributed by atoms with E-state index < -0.39 is 0 Å². The smallest absolute Gasteiger partial charge is 0.289 e. The second kappa shape index (κ2) is 9.80. The highest BCUT2D eigenvalue weighted by Gasteiger charge is 2.13. The summed E-state index contributed by atoms with van der Waals surface area (Å²) in [5.74, 6) is 0.603. The average molecular weight is 458 g/mol. The predicted octanol–water partition coefficient (Wildman–Crippen LogP) is 5.20. The summed E-state index contributed by atoms with van der Waals surface area (Å²) >= 11 is 0. The molecule has 0 saturated heterocycles. The molecular formula is C27H26FN4O2+. The summed E-state index contributed by atoms with van der Waals surface area (Å²) in [6.07, 6.45) is 1.57. The van der Waals surface area contributed by atoms with Gasteiger partial charge in [0.15, 0.2) is 0 Å². The molecule has 1 N–H and O–H groups in total. The minimum Gasteiger partial charge on any atom is -0.457 e. The minimum absolute atomic E-state index is 0.104. The Hall–Kier alpha value is -4.10. The number of carbonyl (C=O) groups excluding carboxylic acids is 1. The first kappa shape index (κ1) is 23.1. The Balaban J connectivity index is 1.40. The van der Waals surface area contributed by atoms with Crippen LogP contribution in [0.2, 0.25) is 0 Å². The quantitative estimate of drug-likeness (QED) is 0.388. The van der Waals surface area contributed by atoms with E-state index in [0.29, 0.717) is 23.7 Å². The lowest BCUT2D eigenvalue weighted by molar-refractivity contribution is 0.0940. The van der Waals surface area contributed by atoms with Crippen LogP contribution in [0.15, 0.2) is 85.1 Å². The van der Waals surface area contributed by atoms with Crippen molar-refractivity contribution in [3.05, 3.63) is 102 Å². The number of halogens is 1. The third-order valence-corrected chi connectivity index (χ3v) is 5.22. The fourth-order valence-electron chi connectivity index (χ4n) is 3.28. The van der Waals surface area contributed by atoms with Gasteiger partial charge in [-0.25, -0.2) is 14.4 Å². The third-order valence-electron chi connectivity index (χ3n) is 5.22. The monoisotopic (exact) mass is 457 g/mol. The molecule has 34 heavy (non-hydrogen) atoms. The van der Waals surface area contributed by atoms with Crippen molar-refractivity contribution in [3.8, 4) is 22.8 Å². The van der Waals surface area contributed by atoms with Crippen LogP contribution in [-0.4, -0.2) is 37.0 Å². The van der Waals surface area contributed by atoms with Crippen LogP contribution in [0.1, 0.15) is 16.2 Å². The van der Waals surface area contributed by atoms with E-state index in [-0.39, 0.29) is 17.5 Å². The minimum atomic E-state index is -0.339. The average Bonchev–Trinajstić information content (AvgIpc) is 2.84. The van der Waals surface area contributed by atoms with E-state index in [2.05, 4.69) is 48.6 Å². The number of nitrogens with zero attached hydrogens (tertiary/aromatic N) is 3. The van der Waals surface area contributed by atoms with E-state index >= 15 is 0 Å². The molecule has 0 fully saturated rings. The molecule has 4 aromatic rings. The number of nitrogens with one attached hydrogen (secondary N) is 1. The standard InChI is InChI=1S/C27H25FN4O2/c1-32(2,3)22-10-4-19(5-11-22)18-30-27(33)26-29-17-16-25(31-26)20-6-12-23(13-7-20)34-24-14-8-21(28)9-15-24/h4-17H,18H2,1-3H3/p+1. The van der Waals surface area contributed by atoms with Crippen molar-refractivity contribution >= 4 is 11.6 Å². The maximum Gasteiger partial charge on any atom is 0.289 e. The molecule has 3 aromatic carbocycles. The number of ether oxygens (including phenoxy) is 1. The number of benzene rings is 3. The van der Waals surface area contributed by atoms with Gasteiger partial charge < -0.3 is 10.1 Å². The Morgan fingerprint density at radius 1 is 0.882 bits per heavy atom. The van der Waals surface area contributed by atoms with Crippen molar-refractivity contribution in [1.29, 1.82) is 0 Å². The van der Waals surface area contributed by atoms with Gasteiger partial charge in [-0.15, -0.1) is 0 Å². The predicted molar refractivity (Wildman–Crippen MR) is 131 cm³/mol. The number of hydrogen-bond acceptors (Lipinski definition) is 4. The number of hydrogen-bond donors (Lipinski definition) is 1. The van der Waals surface area contributed by atoms with E-state index in [0.717, 1.165) is 15.6 Å². The van der Waals surface area contributed by atoms with Crippen molar-refractivity contribution in [1.82, 2.24) is 19.8 Å². The first-order valence-electron chi connectivity index (χ1n) is 10.8. The molecular weight excluding hydrogens is 431 g/mol. The van der Waals surface area contributed by atoms with Gasteiger partial charge in [0.05, 0.1) is 26.8 Å². The SMILES string of the molecule is C[N+](C)(C)c1ccc(CNC(=O)c2nccc(-c3ccc(Oc4ccc(F)cc4)cc3)n2)cc1. The van der Waals surface area contributed by atoms with Crippen LogP contribution in [0.5, 0.6) is 11.5 Å². The van der Waals surface area contributed by atoms with Gasteiger partial charge >= 0.3 is 0 Å². The van der Waals surface area contributed by atoms with Crippen LogP contribution in [0.3, 0.4) is 0 Å². The van der Waals surface area contributed by atoms with Crippen LogP contribution in [0.4, 0.5) is 10.1 Å². The molecule has 0 radical (unpaired) electrons. The van der Waals surface area contributed by atoms with Crippen LogP contribution in [0.25, 0.3) is 11.3 Å². The summed E-state index contributed by atoms with van der Waals surface area (Å²) in [7, 11) is 6.31. The molecule has 0 aliphatic rings. The molecule has 0 spiro atoms. The van der Waals surface area contributed by atoms with Gasteiger partial charge in [0.2, 0.25) is 5.82 Å². The second-order valence-corrected chi connectivity index (χ2v) is 8.71. The van der Waals surface area contributed by atoms with E-state index in [4.69, 9.17) is 4.74 Å². The van der Waals surface area contributed by atoms with E-state index in [9.17, 15) is 9.18 Å². The molecule has 7 heteroatoms. The molecule has 1 heterocycles. The van der Waals surface area contributed by atoms with Gasteiger partial charge in [-0.3, -0.25) is 9.28 Å². The van der Waals surface area contributed by atoms with E-state index in [1.54, 1.807) is 36.5 Å². The Bertz CT molecular complexity index is 1270. The molecule has 1 aromatic heterocycles. The van der Waals surface area contributed by atoms with Gasteiger partial charge in [-0.2, -0.15) is 0 Å². The summed E-state index contributed by atoms with van der Waals surface area (Å²) in [4.78, 5) is 21.2. The molecule has 0 unspecified atom stereocenters. The molecule has 4 rings (SSSR count). The van der Waals surface area contributed by atoms with Gasteiger partial charge in [0.1, 0.15) is 23.0 Å². The van der Waals surface area contributed by atoms with Crippen molar-refractivity contribution in [2.45, 2.75) is 6.54 Å². The fraction of sp³-hybridized carbons (Fsp3) is 0.148. The number of carbonyl (C=O) groups is 1. The Kier molecular flexibility index (Phi) is 6.65. The molecule has 0 bridgehead atoms. The molecule has 0 saturated carbocycles. The highest BCUT2D eigenvalue weighted by molar-refractivity contribution is 5.90. The Labute approximate surface area is 198 Å². The molecule has 1 amide bonds. The maximum absolute atomic E-state index is 13.0. The number of amides is 1. The van der Waals surface area contributed by atoms with Crippen LogP contribution < -0.4 is 14.5 Å². The highest BCUT2D eigenvalue weighted by atomic mass is 19.1. The van der Waals surface area contributed by atoms with Crippen LogP contribution >= 0.6 is 0 Å². The van der Waals surface area contributed by atoms with Crippen molar-refractivity contribution < 1.29 is 13.9 Å². The molecule has 0 aliphatic heterocycles. The molecule has 172 valence electrons. The molecule has 0 atom stereocenters. The maximum atomic E-state index is 13.0. The van der Waals surface area contributed by atoms with Crippen molar-refractivity contribution in [2.75, 3.05) is 21.1 Å². The zero-order valence-corrected chi connectivity index (χ0v) is 19.3. The lowest BCUT2D eigenvalue weighted by Gasteiger charge is -2.23. The first-order chi connectivity index (χ1) is 16.3. The van der Waals surface area contributed by atoms with Crippen molar-refractivity contribution in [3.63, 3.8) is 0 Å². The third kappa shape index (κ3) is 5.82. The van der Waals surface area contributed by atoms with Crippen LogP contribution in [0, 0.1) is 5.82 Å². The number of aromatic nitrogens is 2. The van der Waals surface area contributed by atoms with Gasteiger partial charge in [0.25, 0.3) is 5.91 Å². The highest BCUT2D eigenvalue weighted by Crippen LogP contribution is 2.25. The summed E-state index contributed by atoms with van der Waals surface area (Å²) in [5, 5.41) is 2.88. The van der Waals surface area contributed by atoms with Gasteiger partial charge in [-0.05, 0) is 72.3 Å². The van der Waals surface area contributed by atoms with E-state index in [1.807, 2.05) is 24.3 Å². The number of rotatable bonds is 7. The Morgan fingerprint density at radius 3 is 2.12 bits per heavy atom. The topological polar surface area (TPSA) is 64.1 Å². The first-order valence-corrected chi connectivity index (χ1v) is 10.8. The summed E-state index contributed by atoms with van der Waals surface area (Å²) in [6.45, 7) is 0.388. The summed E-state index contributed by atoms with van der Waals surface area (Å²) in [6, 6.07) is 23.0. The second-order valence-electron chi connectivity index (χ2n) is 8.71. The summed E-state index contributed by atoms with van der Waals surface area (Å²) in [5.41, 5.74) is 3.62. The van der Waals surface area contributed by atoms with Gasteiger partial charge in [-0.1, -0.05) is 12.1 Å². The molecule has 6 nitrogen and oxygen atoms in total. The fourth-order valence-corrected chi connectivity index (χ4v) is 3.28.